The van der Waals surface area contributed by atoms with Crippen molar-refractivity contribution in [2.75, 3.05) is 13.1 Å². The van der Waals surface area contributed by atoms with Gasteiger partial charge in [-0.05, 0) is 49.9 Å². The summed E-state index contributed by atoms with van der Waals surface area (Å²) >= 11 is 0. The number of hydrogen-bond donors (Lipinski definition) is 1. The fourth-order valence-corrected chi connectivity index (χ4v) is 4.81. The number of likely N-dealkylation sites (tertiary alicyclic amines) is 1. The summed E-state index contributed by atoms with van der Waals surface area (Å²) in [5.41, 5.74) is 4.24. The van der Waals surface area contributed by atoms with Crippen LogP contribution in [-0.4, -0.2) is 44.6 Å². The third-order valence-electron chi connectivity index (χ3n) is 7.06. The van der Waals surface area contributed by atoms with Gasteiger partial charge in [-0.2, -0.15) is 5.10 Å². The largest absolute Gasteiger partial charge is 0.352 e. The van der Waals surface area contributed by atoms with Gasteiger partial charge >= 0.3 is 0 Å². The first kappa shape index (κ1) is 24.6. The quantitative estimate of drug-likeness (QED) is 0.416. The topological polar surface area (TPSA) is 80.1 Å². The van der Waals surface area contributed by atoms with E-state index >= 15 is 0 Å². The van der Waals surface area contributed by atoms with E-state index in [1.54, 1.807) is 23.9 Å². The van der Waals surface area contributed by atoms with Crippen molar-refractivity contribution in [3.8, 4) is 11.3 Å². The Hall–Kier alpha value is -4.07. The summed E-state index contributed by atoms with van der Waals surface area (Å²) in [5.74, 6) is -0.590. The number of nitrogens with zero attached hydrogens (tertiary/aromatic N) is 4. The number of piperidine rings is 1. The van der Waals surface area contributed by atoms with Crippen molar-refractivity contribution in [2.24, 2.45) is 5.92 Å². The van der Waals surface area contributed by atoms with E-state index in [1.807, 2.05) is 54.3 Å². The second-order valence-corrected chi connectivity index (χ2v) is 9.49. The van der Waals surface area contributed by atoms with Gasteiger partial charge in [0.25, 0.3) is 5.91 Å². The third kappa shape index (κ3) is 5.09. The lowest BCUT2D eigenvalue weighted by atomic mass is 9.95. The van der Waals surface area contributed by atoms with Crippen LogP contribution in [0.3, 0.4) is 0 Å². The van der Waals surface area contributed by atoms with Crippen LogP contribution in [0.25, 0.3) is 22.3 Å². The van der Waals surface area contributed by atoms with Crippen LogP contribution in [0, 0.1) is 18.7 Å². The van der Waals surface area contributed by atoms with Crippen molar-refractivity contribution < 1.29 is 14.0 Å². The van der Waals surface area contributed by atoms with Gasteiger partial charge in [-0.1, -0.05) is 42.5 Å². The summed E-state index contributed by atoms with van der Waals surface area (Å²) in [5, 5.41) is 8.09. The van der Waals surface area contributed by atoms with Crippen molar-refractivity contribution in [3.05, 3.63) is 83.3 Å². The number of nitrogens with one attached hydrogen (secondary N) is 1. The van der Waals surface area contributed by atoms with E-state index in [1.165, 1.54) is 6.07 Å². The third-order valence-corrected chi connectivity index (χ3v) is 7.06. The molecule has 0 unspecified atom stereocenters. The summed E-state index contributed by atoms with van der Waals surface area (Å²) < 4.78 is 15.6. The highest BCUT2D eigenvalue weighted by atomic mass is 19.1. The monoisotopic (exact) mass is 499 g/mol. The number of fused-ring (bicyclic) bond motifs is 1. The zero-order valence-electron chi connectivity index (χ0n) is 21.1. The minimum Gasteiger partial charge on any atom is -0.352 e. The first-order valence-corrected chi connectivity index (χ1v) is 12.7. The molecule has 190 valence electrons. The number of amides is 2. The van der Waals surface area contributed by atoms with Gasteiger partial charge < -0.3 is 10.2 Å². The molecule has 0 radical (unpaired) electrons. The van der Waals surface area contributed by atoms with Crippen LogP contribution >= 0.6 is 0 Å². The zero-order chi connectivity index (χ0) is 25.9. The molecule has 1 aliphatic rings. The number of carbonyl (C=O) groups excluding carboxylic acids is 2. The molecule has 37 heavy (non-hydrogen) atoms. The summed E-state index contributed by atoms with van der Waals surface area (Å²) in [6.45, 7) is 5.62. The minimum atomic E-state index is -0.274. The SMILES string of the molecule is CCn1ncc2c(C(=O)N3CCC(C(=O)NCc4ccc(C)c(F)c4)CC3)cc(-c3ccccc3)nc21. The van der Waals surface area contributed by atoms with E-state index in [2.05, 4.69) is 10.4 Å². The zero-order valence-corrected chi connectivity index (χ0v) is 21.1. The van der Waals surface area contributed by atoms with Gasteiger partial charge in [-0.25, -0.2) is 14.1 Å². The number of pyridine rings is 1. The Morgan fingerprint density at radius 3 is 2.54 bits per heavy atom. The van der Waals surface area contributed by atoms with Crippen LogP contribution in [0.1, 0.15) is 41.3 Å². The summed E-state index contributed by atoms with van der Waals surface area (Å²) in [6.07, 6.45) is 2.86. The minimum absolute atomic E-state index is 0.0602. The van der Waals surface area contributed by atoms with Crippen molar-refractivity contribution in [3.63, 3.8) is 0 Å². The van der Waals surface area contributed by atoms with Gasteiger partial charge in [0, 0.05) is 37.7 Å². The van der Waals surface area contributed by atoms with Crippen LogP contribution in [0.15, 0.2) is 60.8 Å². The van der Waals surface area contributed by atoms with Crippen molar-refractivity contribution in [2.45, 2.75) is 39.8 Å². The molecule has 7 nitrogen and oxygen atoms in total. The Morgan fingerprint density at radius 2 is 1.84 bits per heavy atom. The van der Waals surface area contributed by atoms with Crippen LogP contribution < -0.4 is 5.32 Å². The van der Waals surface area contributed by atoms with E-state index in [-0.39, 0.29) is 30.1 Å². The number of carbonyl (C=O) groups is 2. The van der Waals surface area contributed by atoms with Crippen LogP contribution in [0.4, 0.5) is 4.39 Å². The number of aryl methyl sites for hydroxylation is 2. The van der Waals surface area contributed by atoms with E-state index < -0.39 is 0 Å². The molecule has 0 bridgehead atoms. The average molecular weight is 500 g/mol. The highest BCUT2D eigenvalue weighted by molar-refractivity contribution is 6.06. The molecular formula is C29H30FN5O2. The second-order valence-electron chi connectivity index (χ2n) is 9.49. The normalized spacial score (nSPS) is 14.2. The van der Waals surface area contributed by atoms with Gasteiger partial charge in [0.1, 0.15) is 5.82 Å². The maximum atomic E-state index is 13.8. The van der Waals surface area contributed by atoms with Gasteiger partial charge in [0.05, 0.1) is 22.8 Å². The molecule has 2 aromatic carbocycles. The number of rotatable bonds is 6. The number of aromatic nitrogens is 3. The predicted molar refractivity (Wildman–Crippen MR) is 140 cm³/mol. The molecule has 2 amide bonds. The molecule has 5 rings (SSSR count). The first-order chi connectivity index (χ1) is 17.9. The standard InChI is InChI=1S/C29H30FN5O2/c1-3-35-27-24(18-32-35)23(16-26(33-27)21-7-5-4-6-8-21)29(37)34-13-11-22(12-14-34)28(36)31-17-20-10-9-19(2)25(30)15-20/h4-10,15-16,18,22H,3,11-14,17H2,1-2H3,(H,31,36). The molecule has 0 saturated carbocycles. The van der Waals surface area contributed by atoms with Crippen molar-refractivity contribution in [1.82, 2.24) is 25.0 Å². The van der Waals surface area contributed by atoms with Gasteiger partial charge in [-0.15, -0.1) is 0 Å². The molecule has 1 aliphatic heterocycles. The lowest BCUT2D eigenvalue weighted by molar-refractivity contribution is -0.126. The van der Waals surface area contributed by atoms with Crippen molar-refractivity contribution in [1.29, 1.82) is 0 Å². The Bertz CT molecular complexity index is 1440. The maximum absolute atomic E-state index is 13.8. The predicted octanol–water partition coefficient (Wildman–Crippen LogP) is 4.73. The molecule has 0 atom stereocenters. The van der Waals surface area contributed by atoms with Gasteiger partial charge in [0.2, 0.25) is 5.91 Å². The summed E-state index contributed by atoms with van der Waals surface area (Å²) in [7, 11) is 0. The van der Waals surface area contributed by atoms with E-state index in [9.17, 15) is 14.0 Å². The fraction of sp³-hybridized carbons (Fsp3) is 0.310. The lowest BCUT2D eigenvalue weighted by Crippen LogP contribution is -2.43. The first-order valence-electron chi connectivity index (χ1n) is 12.7. The molecule has 0 aliphatic carbocycles. The molecule has 0 spiro atoms. The molecule has 1 fully saturated rings. The summed E-state index contributed by atoms with van der Waals surface area (Å²) in [4.78, 5) is 33.0. The fourth-order valence-electron chi connectivity index (χ4n) is 4.81. The molecule has 8 heteroatoms. The molecule has 2 aromatic heterocycles. The van der Waals surface area contributed by atoms with Crippen LogP contribution in [0.5, 0.6) is 0 Å². The Morgan fingerprint density at radius 1 is 1.08 bits per heavy atom. The van der Waals surface area contributed by atoms with E-state index in [0.29, 0.717) is 49.2 Å². The van der Waals surface area contributed by atoms with Crippen molar-refractivity contribution >= 4 is 22.8 Å². The number of halogens is 1. The smallest absolute Gasteiger partial charge is 0.254 e. The van der Waals surface area contributed by atoms with Crippen LogP contribution in [-0.2, 0) is 17.9 Å². The Labute approximate surface area is 215 Å². The van der Waals surface area contributed by atoms with Gasteiger partial charge in [0.15, 0.2) is 5.65 Å². The second kappa shape index (κ2) is 10.5. The number of hydrogen-bond acceptors (Lipinski definition) is 4. The van der Waals surface area contributed by atoms with Gasteiger partial charge in [-0.3, -0.25) is 9.59 Å². The lowest BCUT2D eigenvalue weighted by Gasteiger charge is -2.31. The summed E-state index contributed by atoms with van der Waals surface area (Å²) in [6, 6.07) is 16.6. The molecular weight excluding hydrogens is 469 g/mol. The Kier molecular flexibility index (Phi) is 6.99. The highest BCUT2D eigenvalue weighted by Crippen LogP contribution is 2.27. The average Bonchev–Trinajstić information content (AvgIpc) is 3.36. The molecule has 4 aromatic rings. The molecule has 1 saturated heterocycles. The van der Waals surface area contributed by atoms with E-state index in [0.717, 1.165) is 22.2 Å². The van der Waals surface area contributed by atoms with Crippen LogP contribution in [0.2, 0.25) is 0 Å². The van der Waals surface area contributed by atoms with E-state index in [4.69, 9.17) is 4.98 Å². The Balaban J connectivity index is 1.29. The molecule has 1 N–H and O–H groups in total. The molecule has 3 heterocycles. The number of benzene rings is 2. The highest BCUT2D eigenvalue weighted by Gasteiger charge is 2.29. The maximum Gasteiger partial charge on any atom is 0.254 e.